The first-order chi connectivity index (χ1) is 19.8. The fraction of sp³-hybridized carbons (Fsp3) is 0.444. The van der Waals surface area contributed by atoms with Gasteiger partial charge in [-0.3, -0.25) is 15.6 Å². The van der Waals surface area contributed by atoms with Crippen molar-refractivity contribution in [2.75, 3.05) is 29.1 Å². The minimum atomic E-state index is -4.87. The lowest BCUT2D eigenvalue weighted by molar-refractivity contribution is -0.134. The minimum absolute atomic E-state index is 0.104. The SMILES string of the molecule is N=C(N)N1CCc2ccc(N(S(=O)(=O)CC(=O)O)S(=O)(=O)c3ccc(OC4CCN(C(=N)C5CC5)CC4)cc3)cc2C1. The van der Waals surface area contributed by atoms with E-state index in [1.807, 2.05) is 0 Å². The number of rotatable bonds is 9. The highest BCUT2D eigenvalue weighted by molar-refractivity contribution is 8.10. The topological polar surface area (TPSA) is 198 Å². The van der Waals surface area contributed by atoms with Crippen molar-refractivity contribution in [2.24, 2.45) is 11.7 Å². The van der Waals surface area contributed by atoms with E-state index in [0.717, 1.165) is 31.2 Å². The average molecular weight is 619 g/mol. The van der Waals surface area contributed by atoms with Crippen LogP contribution in [0.5, 0.6) is 5.75 Å². The van der Waals surface area contributed by atoms with E-state index in [4.69, 9.17) is 21.3 Å². The first-order valence-electron chi connectivity index (χ1n) is 13.7. The van der Waals surface area contributed by atoms with E-state index in [9.17, 15) is 26.7 Å². The van der Waals surface area contributed by atoms with Gasteiger partial charge in [0.25, 0.3) is 20.0 Å². The van der Waals surface area contributed by atoms with Gasteiger partial charge in [0.1, 0.15) is 11.9 Å². The molecule has 0 aromatic heterocycles. The van der Waals surface area contributed by atoms with Crippen LogP contribution in [-0.2, 0) is 37.8 Å². The molecule has 15 heteroatoms. The van der Waals surface area contributed by atoms with Crippen molar-refractivity contribution >= 4 is 43.5 Å². The van der Waals surface area contributed by atoms with E-state index in [2.05, 4.69) is 4.90 Å². The molecule has 0 bridgehead atoms. The highest BCUT2D eigenvalue weighted by Crippen LogP contribution is 2.34. The van der Waals surface area contributed by atoms with Crippen LogP contribution in [0.2, 0.25) is 0 Å². The Balaban J connectivity index is 1.37. The molecule has 5 rings (SSSR count). The molecule has 42 heavy (non-hydrogen) atoms. The van der Waals surface area contributed by atoms with Crippen LogP contribution in [0.25, 0.3) is 0 Å². The number of nitrogens with two attached hydrogens (primary N) is 1. The Bertz CT molecular complexity index is 1600. The number of piperidine rings is 1. The summed E-state index contributed by atoms with van der Waals surface area (Å²) < 4.78 is 60.2. The van der Waals surface area contributed by atoms with Crippen molar-refractivity contribution < 1.29 is 31.5 Å². The summed E-state index contributed by atoms with van der Waals surface area (Å²) in [6.07, 6.45) is 4.00. The lowest BCUT2D eigenvalue weighted by Gasteiger charge is -2.34. The van der Waals surface area contributed by atoms with Gasteiger partial charge in [0.15, 0.2) is 11.7 Å². The zero-order valence-electron chi connectivity index (χ0n) is 22.9. The summed E-state index contributed by atoms with van der Waals surface area (Å²) in [7, 11) is -9.64. The summed E-state index contributed by atoms with van der Waals surface area (Å²) in [4.78, 5) is 14.7. The standard InChI is InChI=1S/C27H34N6O7S2/c28-26(19-1-2-19)31-13-10-23(11-14-31)40-22-5-7-24(8-6-22)42(38,39)33(41(36,37)17-25(34)35)21-4-3-18-9-12-32(27(29)30)16-20(18)15-21/h3-8,15,19,23,28H,1-2,9-14,16-17H2,(H3,29,30)(H,34,35). The van der Waals surface area contributed by atoms with Gasteiger partial charge in [0, 0.05) is 44.9 Å². The van der Waals surface area contributed by atoms with Crippen molar-refractivity contribution in [3.05, 3.63) is 53.6 Å². The van der Waals surface area contributed by atoms with Gasteiger partial charge >= 0.3 is 5.97 Å². The van der Waals surface area contributed by atoms with E-state index in [1.165, 1.54) is 36.4 Å². The second-order valence-corrected chi connectivity index (χ2v) is 14.6. The van der Waals surface area contributed by atoms with Crippen LogP contribution in [0.3, 0.4) is 0 Å². The second kappa shape index (κ2) is 11.4. The number of aliphatic carboxylic acids is 1. The normalized spacial score (nSPS) is 17.8. The van der Waals surface area contributed by atoms with Gasteiger partial charge in [0.05, 0.1) is 16.4 Å². The van der Waals surface area contributed by atoms with Gasteiger partial charge in [-0.05, 0) is 66.8 Å². The molecule has 2 aliphatic heterocycles. The third-order valence-electron chi connectivity index (χ3n) is 7.70. The zero-order valence-corrected chi connectivity index (χ0v) is 24.5. The number of ether oxygens (including phenoxy) is 1. The number of hydrogen-bond donors (Lipinski definition) is 4. The number of benzene rings is 2. The Hall–Kier alpha value is -3.85. The number of carboxylic acids is 1. The molecular weight excluding hydrogens is 584 g/mol. The maximum absolute atomic E-state index is 13.8. The number of anilines is 1. The number of fused-ring (bicyclic) bond motifs is 1. The molecule has 0 spiro atoms. The van der Waals surface area contributed by atoms with E-state index < -0.39 is 31.8 Å². The fourth-order valence-corrected chi connectivity index (χ4v) is 8.87. The van der Waals surface area contributed by atoms with Crippen LogP contribution in [0.4, 0.5) is 5.69 Å². The number of amidine groups is 1. The Morgan fingerprint density at radius 2 is 1.62 bits per heavy atom. The highest BCUT2D eigenvalue weighted by Gasteiger charge is 2.38. The Morgan fingerprint density at radius 1 is 0.952 bits per heavy atom. The van der Waals surface area contributed by atoms with E-state index in [1.54, 1.807) is 11.0 Å². The lowest BCUT2D eigenvalue weighted by atomic mass is 9.99. The van der Waals surface area contributed by atoms with Gasteiger partial charge < -0.3 is 25.4 Å². The molecule has 1 saturated heterocycles. The number of carbonyl (C=O) groups is 1. The van der Waals surface area contributed by atoms with Crippen LogP contribution in [-0.4, -0.2) is 81.0 Å². The van der Waals surface area contributed by atoms with Gasteiger partial charge in [-0.25, -0.2) is 16.8 Å². The highest BCUT2D eigenvalue weighted by atomic mass is 32.3. The first kappa shape index (κ1) is 29.6. The van der Waals surface area contributed by atoms with Crippen molar-refractivity contribution in [3.63, 3.8) is 0 Å². The smallest absolute Gasteiger partial charge is 0.320 e. The molecule has 5 N–H and O–H groups in total. The molecule has 2 aromatic rings. The molecule has 0 radical (unpaired) electrons. The van der Waals surface area contributed by atoms with E-state index in [0.29, 0.717) is 49.1 Å². The van der Waals surface area contributed by atoms with Crippen LogP contribution < -0.4 is 14.2 Å². The average Bonchev–Trinajstić information content (AvgIpc) is 3.78. The number of carboxylic acid groups (broad SMARTS) is 1. The minimum Gasteiger partial charge on any atom is -0.490 e. The first-order valence-corrected chi connectivity index (χ1v) is 16.7. The number of nitrogens with one attached hydrogen (secondary N) is 2. The number of sulfonamides is 2. The van der Waals surface area contributed by atoms with Gasteiger partial charge in [-0.15, -0.1) is 0 Å². The Morgan fingerprint density at radius 3 is 2.21 bits per heavy atom. The number of hydrogen-bond acceptors (Lipinski definition) is 8. The van der Waals surface area contributed by atoms with Crippen LogP contribution in [0.15, 0.2) is 47.4 Å². The van der Waals surface area contributed by atoms with Gasteiger partial charge in [0.2, 0.25) is 0 Å². The van der Waals surface area contributed by atoms with Crippen LogP contribution in [0, 0.1) is 16.7 Å². The van der Waals surface area contributed by atoms with Crippen molar-refractivity contribution in [1.29, 1.82) is 10.8 Å². The summed E-state index contributed by atoms with van der Waals surface area (Å²) in [6.45, 7) is 2.10. The van der Waals surface area contributed by atoms with Crippen LogP contribution in [0.1, 0.15) is 36.8 Å². The molecule has 3 aliphatic rings. The zero-order chi connectivity index (χ0) is 30.2. The predicted molar refractivity (Wildman–Crippen MR) is 156 cm³/mol. The predicted octanol–water partition coefficient (Wildman–Crippen LogP) is 1.78. The fourth-order valence-electron chi connectivity index (χ4n) is 5.33. The van der Waals surface area contributed by atoms with E-state index in [-0.39, 0.29) is 32.9 Å². The molecule has 226 valence electrons. The van der Waals surface area contributed by atoms with Crippen molar-refractivity contribution in [1.82, 2.24) is 9.80 Å². The number of likely N-dealkylation sites (tertiary alicyclic amines) is 1. The maximum Gasteiger partial charge on any atom is 0.320 e. The summed E-state index contributed by atoms with van der Waals surface area (Å²) in [5, 5.41) is 25.2. The van der Waals surface area contributed by atoms with Crippen LogP contribution >= 0.6 is 0 Å². The summed E-state index contributed by atoms with van der Waals surface area (Å²) >= 11 is 0. The maximum atomic E-state index is 13.8. The molecule has 2 aromatic carbocycles. The number of guanidine groups is 1. The quantitative estimate of drug-likeness (QED) is 0.237. The summed E-state index contributed by atoms with van der Waals surface area (Å²) in [5.74, 6) is -1.80. The Labute approximate surface area is 245 Å². The van der Waals surface area contributed by atoms with Gasteiger partial charge in [-0.1, -0.05) is 6.07 Å². The molecule has 1 aliphatic carbocycles. The summed E-state index contributed by atoms with van der Waals surface area (Å²) in [6, 6.07) is 9.70. The molecule has 2 heterocycles. The molecule has 2 fully saturated rings. The third-order valence-corrected chi connectivity index (χ3v) is 11.8. The molecule has 0 unspecified atom stereocenters. The van der Waals surface area contributed by atoms with Gasteiger partial charge in [-0.2, -0.15) is 3.71 Å². The molecule has 1 saturated carbocycles. The lowest BCUT2D eigenvalue weighted by Crippen LogP contribution is -2.42. The molecule has 0 atom stereocenters. The molecular formula is C27H34N6O7S2. The summed E-state index contributed by atoms with van der Waals surface area (Å²) in [5.41, 5.74) is 6.82. The molecule has 0 amide bonds. The monoisotopic (exact) mass is 618 g/mol. The second-order valence-electron chi connectivity index (χ2n) is 10.8. The Kier molecular flexibility index (Phi) is 8.07. The van der Waals surface area contributed by atoms with Crippen molar-refractivity contribution in [3.8, 4) is 5.75 Å². The third kappa shape index (κ3) is 6.31. The number of nitrogens with zero attached hydrogens (tertiary/aromatic N) is 3. The molecule has 13 nitrogen and oxygen atoms in total. The van der Waals surface area contributed by atoms with Crippen molar-refractivity contribution in [2.45, 2.75) is 49.6 Å². The van der Waals surface area contributed by atoms with E-state index >= 15 is 0 Å². The largest absolute Gasteiger partial charge is 0.490 e.